The average molecular weight is 313 g/mol. The predicted molar refractivity (Wildman–Crippen MR) is 86.9 cm³/mol. The van der Waals surface area contributed by atoms with Crippen LogP contribution in [-0.4, -0.2) is 22.9 Å². The standard InChI is InChI=1S/C17H19N3O3/c1-12(2)23-15-7-5-14(6-8-15)20-17(22)16(21)19-11-13-4-3-9-18-10-13/h3-10,12H,11H2,1-2H3,(H,19,21)(H,20,22). The van der Waals surface area contributed by atoms with E-state index in [4.69, 9.17) is 4.74 Å². The quantitative estimate of drug-likeness (QED) is 0.829. The van der Waals surface area contributed by atoms with E-state index < -0.39 is 11.8 Å². The molecule has 6 nitrogen and oxygen atoms in total. The molecule has 1 heterocycles. The van der Waals surface area contributed by atoms with E-state index in [2.05, 4.69) is 15.6 Å². The Morgan fingerprint density at radius 3 is 2.48 bits per heavy atom. The van der Waals surface area contributed by atoms with Crippen LogP contribution in [0.3, 0.4) is 0 Å². The number of rotatable bonds is 5. The minimum absolute atomic E-state index is 0.0775. The normalized spacial score (nSPS) is 10.2. The number of amides is 2. The van der Waals surface area contributed by atoms with E-state index in [9.17, 15) is 9.59 Å². The first-order valence-corrected chi connectivity index (χ1v) is 7.29. The molecule has 2 rings (SSSR count). The Hall–Kier alpha value is -2.89. The number of anilines is 1. The van der Waals surface area contributed by atoms with E-state index in [-0.39, 0.29) is 12.6 Å². The summed E-state index contributed by atoms with van der Waals surface area (Å²) >= 11 is 0. The number of aromatic nitrogens is 1. The number of nitrogens with zero attached hydrogens (tertiary/aromatic N) is 1. The first-order chi connectivity index (χ1) is 11.0. The third kappa shape index (κ3) is 5.43. The summed E-state index contributed by atoms with van der Waals surface area (Å²) in [5, 5.41) is 5.08. The van der Waals surface area contributed by atoms with Gasteiger partial charge in [-0.05, 0) is 49.7 Å². The Balaban J connectivity index is 1.84. The highest BCUT2D eigenvalue weighted by Crippen LogP contribution is 2.16. The van der Waals surface area contributed by atoms with Crippen molar-refractivity contribution >= 4 is 17.5 Å². The molecule has 2 aromatic rings. The van der Waals surface area contributed by atoms with Gasteiger partial charge in [0.25, 0.3) is 0 Å². The molecule has 0 radical (unpaired) electrons. The second-order valence-corrected chi connectivity index (χ2v) is 5.19. The van der Waals surface area contributed by atoms with Crippen molar-refractivity contribution in [2.75, 3.05) is 5.32 Å². The van der Waals surface area contributed by atoms with Crippen LogP contribution in [0.25, 0.3) is 0 Å². The van der Waals surface area contributed by atoms with Crippen LogP contribution in [0.5, 0.6) is 5.75 Å². The molecule has 0 bridgehead atoms. The fraction of sp³-hybridized carbons (Fsp3) is 0.235. The molecule has 0 atom stereocenters. The van der Waals surface area contributed by atoms with Gasteiger partial charge in [0, 0.05) is 24.6 Å². The molecule has 2 N–H and O–H groups in total. The second kappa shape index (κ2) is 7.93. The number of hydrogen-bond donors (Lipinski definition) is 2. The second-order valence-electron chi connectivity index (χ2n) is 5.19. The van der Waals surface area contributed by atoms with Gasteiger partial charge >= 0.3 is 11.8 Å². The van der Waals surface area contributed by atoms with Gasteiger partial charge in [-0.15, -0.1) is 0 Å². The molecule has 1 aromatic heterocycles. The Labute approximate surface area is 134 Å². The highest BCUT2D eigenvalue weighted by molar-refractivity contribution is 6.39. The molecule has 6 heteroatoms. The van der Waals surface area contributed by atoms with Crippen LogP contribution in [0, 0.1) is 0 Å². The maximum absolute atomic E-state index is 11.8. The molecule has 0 aliphatic rings. The van der Waals surface area contributed by atoms with Crippen molar-refractivity contribution in [2.24, 2.45) is 0 Å². The maximum Gasteiger partial charge on any atom is 0.313 e. The van der Waals surface area contributed by atoms with Gasteiger partial charge in [0.2, 0.25) is 0 Å². The van der Waals surface area contributed by atoms with E-state index >= 15 is 0 Å². The Kier molecular flexibility index (Phi) is 5.68. The molecule has 120 valence electrons. The highest BCUT2D eigenvalue weighted by atomic mass is 16.5. The molecule has 0 spiro atoms. The molecule has 0 aliphatic carbocycles. The lowest BCUT2D eigenvalue weighted by Gasteiger charge is -2.10. The predicted octanol–water partition coefficient (Wildman–Crippen LogP) is 2.12. The van der Waals surface area contributed by atoms with Crippen molar-refractivity contribution in [3.05, 3.63) is 54.4 Å². The maximum atomic E-state index is 11.8. The molecular formula is C17H19N3O3. The summed E-state index contributed by atoms with van der Waals surface area (Å²) in [4.78, 5) is 27.5. The Morgan fingerprint density at radius 1 is 1.13 bits per heavy atom. The van der Waals surface area contributed by atoms with E-state index in [1.54, 1.807) is 42.7 Å². The zero-order valence-electron chi connectivity index (χ0n) is 13.1. The molecule has 2 amide bonds. The summed E-state index contributed by atoms with van der Waals surface area (Å²) in [5.74, 6) is -0.707. The monoisotopic (exact) mass is 313 g/mol. The minimum atomic E-state index is -0.716. The minimum Gasteiger partial charge on any atom is -0.491 e. The van der Waals surface area contributed by atoms with Gasteiger partial charge < -0.3 is 15.4 Å². The van der Waals surface area contributed by atoms with Crippen molar-refractivity contribution in [3.8, 4) is 5.75 Å². The SMILES string of the molecule is CC(C)Oc1ccc(NC(=O)C(=O)NCc2cccnc2)cc1. The number of ether oxygens (including phenoxy) is 1. The van der Waals surface area contributed by atoms with Gasteiger partial charge in [0.1, 0.15) is 5.75 Å². The van der Waals surface area contributed by atoms with Crippen molar-refractivity contribution in [1.82, 2.24) is 10.3 Å². The summed E-state index contributed by atoms with van der Waals surface area (Å²) in [6, 6.07) is 10.4. The molecule has 0 fully saturated rings. The van der Waals surface area contributed by atoms with Crippen molar-refractivity contribution in [2.45, 2.75) is 26.5 Å². The van der Waals surface area contributed by atoms with Gasteiger partial charge in [0.05, 0.1) is 6.10 Å². The summed E-state index contributed by atoms with van der Waals surface area (Å²) in [5.41, 5.74) is 1.35. The van der Waals surface area contributed by atoms with E-state index in [0.717, 1.165) is 5.56 Å². The Morgan fingerprint density at radius 2 is 1.87 bits per heavy atom. The largest absolute Gasteiger partial charge is 0.491 e. The molecule has 1 aromatic carbocycles. The van der Waals surface area contributed by atoms with Gasteiger partial charge in [0.15, 0.2) is 0 Å². The fourth-order valence-corrected chi connectivity index (χ4v) is 1.84. The number of benzene rings is 1. The van der Waals surface area contributed by atoms with E-state index in [0.29, 0.717) is 11.4 Å². The van der Waals surface area contributed by atoms with Crippen LogP contribution in [0.2, 0.25) is 0 Å². The number of pyridine rings is 1. The van der Waals surface area contributed by atoms with Crippen molar-refractivity contribution in [3.63, 3.8) is 0 Å². The average Bonchev–Trinajstić information content (AvgIpc) is 2.55. The molecular weight excluding hydrogens is 294 g/mol. The fourth-order valence-electron chi connectivity index (χ4n) is 1.84. The van der Waals surface area contributed by atoms with Gasteiger partial charge in [-0.25, -0.2) is 0 Å². The third-order valence-electron chi connectivity index (χ3n) is 2.87. The first-order valence-electron chi connectivity index (χ1n) is 7.29. The highest BCUT2D eigenvalue weighted by Gasteiger charge is 2.13. The summed E-state index contributed by atoms with van der Waals surface area (Å²) in [6.07, 6.45) is 3.35. The lowest BCUT2D eigenvalue weighted by Crippen LogP contribution is -2.34. The molecule has 0 saturated carbocycles. The third-order valence-corrected chi connectivity index (χ3v) is 2.87. The van der Waals surface area contributed by atoms with Crippen molar-refractivity contribution < 1.29 is 14.3 Å². The van der Waals surface area contributed by atoms with Crippen LogP contribution < -0.4 is 15.4 Å². The zero-order valence-corrected chi connectivity index (χ0v) is 13.1. The number of carbonyl (C=O) groups is 2. The summed E-state index contributed by atoms with van der Waals surface area (Å²) < 4.78 is 5.51. The number of nitrogens with one attached hydrogen (secondary N) is 2. The van der Waals surface area contributed by atoms with Crippen LogP contribution in [0.1, 0.15) is 19.4 Å². The van der Waals surface area contributed by atoms with Gasteiger partial charge in [-0.1, -0.05) is 6.07 Å². The van der Waals surface area contributed by atoms with E-state index in [1.807, 2.05) is 19.9 Å². The molecule has 0 aliphatic heterocycles. The number of hydrogen-bond acceptors (Lipinski definition) is 4. The lowest BCUT2D eigenvalue weighted by molar-refractivity contribution is -0.136. The zero-order chi connectivity index (χ0) is 16.7. The van der Waals surface area contributed by atoms with Crippen molar-refractivity contribution in [1.29, 1.82) is 0 Å². The first kappa shape index (κ1) is 16.5. The van der Waals surface area contributed by atoms with Crippen LogP contribution in [0.4, 0.5) is 5.69 Å². The smallest absolute Gasteiger partial charge is 0.313 e. The lowest BCUT2D eigenvalue weighted by atomic mass is 10.3. The Bertz CT molecular complexity index is 655. The number of carbonyl (C=O) groups excluding carboxylic acids is 2. The molecule has 0 saturated heterocycles. The molecule has 23 heavy (non-hydrogen) atoms. The van der Waals surface area contributed by atoms with E-state index in [1.165, 1.54) is 0 Å². The summed E-state index contributed by atoms with van der Waals surface area (Å²) in [6.45, 7) is 4.12. The van der Waals surface area contributed by atoms with Gasteiger partial charge in [-0.3, -0.25) is 14.6 Å². The van der Waals surface area contributed by atoms with Crippen LogP contribution >= 0.6 is 0 Å². The summed E-state index contributed by atoms with van der Waals surface area (Å²) in [7, 11) is 0. The van der Waals surface area contributed by atoms with Gasteiger partial charge in [-0.2, -0.15) is 0 Å². The molecule has 0 unspecified atom stereocenters. The topological polar surface area (TPSA) is 80.3 Å². The van der Waals surface area contributed by atoms with Crippen LogP contribution in [-0.2, 0) is 16.1 Å². The van der Waals surface area contributed by atoms with Crippen LogP contribution in [0.15, 0.2) is 48.8 Å².